The van der Waals surface area contributed by atoms with Crippen LogP contribution in [-0.4, -0.2) is 0 Å². The lowest BCUT2D eigenvalue weighted by Crippen LogP contribution is -2.16. The molecule has 0 aliphatic heterocycles. The first-order valence-electron chi connectivity index (χ1n) is 12.6. The number of hydrogen-bond acceptors (Lipinski definition) is 1. The van der Waals surface area contributed by atoms with E-state index in [4.69, 9.17) is 0 Å². The molecule has 7 rings (SSSR count). The monoisotopic (exact) mass is 461 g/mol. The van der Waals surface area contributed by atoms with E-state index in [2.05, 4.69) is 146 Å². The number of hydrogen-bond donors (Lipinski definition) is 0. The van der Waals surface area contributed by atoms with Gasteiger partial charge in [0.2, 0.25) is 0 Å². The molecule has 0 radical (unpaired) electrons. The van der Waals surface area contributed by atoms with Crippen LogP contribution >= 0.6 is 0 Å². The third-order valence-corrected chi connectivity index (χ3v) is 7.84. The fourth-order valence-electron chi connectivity index (χ4n) is 6.05. The normalized spacial score (nSPS) is 13.5. The van der Waals surface area contributed by atoms with E-state index in [1.165, 1.54) is 60.9 Å². The van der Waals surface area contributed by atoms with Gasteiger partial charge in [-0.1, -0.05) is 117 Å². The van der Waals surface area contributed by atoms with Crippen LogP contribution in [0.15, 0.2) is 127 Å². The van der Waals surface area contributed by atoms with Gasteiger partial charge in [-0.25, -0.2) is 0 Å². The minimum Gasteiger partial charge on any atom is -0.309 e. The van der Waals surface area contributed by atoms with Crippen molar-refractivity contribution in [1.82, 2.24) is 0 Å². The summed E-state index contributed by atoms with van der Waals surface area (Å²) in [6, 6.07) is 46.5. The fraction of sp³-hybridized carbons (Fsp3) is 0.0857. The molecule has 0 saturated heterocycles. The number of fused-ring (bicyclic) bond motifs is 5. The average molecular weight is 462 g/mol. The second-order valence-electron chi connectivity index (χ2n) is 10.2. The van der Waals surface area contributed by atoms with Crippen LogP contribution in [0.5, 0.6) is 0 Å². The van der Waals surface area contributed by atoms with Crippen LogP contribution in [0.25, 0.3) is 32.7 Å². The number of benzene rings is 6. The van der Waals surface area contributed by atoms with Gasteiger partial charge in [-0.2, -0.15) is 0 Å². The topological polar surface area (TPSA) is 3.24 Å². The zero-order valence-corrected chi connectivity index (χ0v) is 20.6. The van der Waals surface area contributed by atoms with Crippen LogP contribution in [0, 0.1) is 0 Å². The SMILES string of the molecule is CC1(C)c2ccccc2-c2ccc(N(c3cccc4ccccc34)c3cccc4ccccc34)cc21. The van der Waals surface area contributed by atoms with Crippen molar-refractivity contribution in [2.45, 2.75) is 19.3 Å². The van der Waals surface area contributed by atoms with Gasteiger partial charge in [0.05, 0.1) is 11.4 Å². The molecule has 0 unspecified atom stereocenters. The van der Waals surface area contributed by atoms with Crippen molar-refractivity contribution < 1.29 is 0 Å². The molecule has 0 N–H and O–H groups in total. The van der Waals surface area contributed by atoms with Crippen molar-refractivity contribution in [3.8, 4) is 11.1 Å². The fourth-order valence-corrected chi connectivity index (χ4v) is 6.05. The van der Waals surface area contributed by atoms with Crippen molar-refractivity contribution in [2.24, 2.45) is 0 Å². The lowest BCUT2D eigenvalue weighted by Gasteiger charge is -2.30. The van der Waals surface area contributed by atoms with Crippen LogP contribution in [-0.2, 0) is 5.41 Å². The maximum absolute atomic E-state index is 2.45. The van der Waals surface area contributed by atoms with Crippen molar-refractivity contribution in [3.63, 3.8) is 0 Å². The Morgan fingerprint density at radius 1 is 0.472 bits per heavy atom. The molecule has 1 aliphatic rings. The highest BCUT2D eigenvalue weighted by Crippen LogP contribution is 2.51. The molecule has 0 spiro atoms. The van der Waals surface area contributed by atoms with Gasteiger partial charge in [0.1, 0.15) is 0 Å². The molecular formula is C35H27N. The summed E-state index contributed by atoms with van der Waals surface area (Å²) < 4.78 is 0. The lowest BCUT2D eigenvalue weighted by atomic mass is 9.82. The van der Waals surface area contributed by atoms with Gasteiger partial charge in [0.25, 0.3) is 0 Å². The minimum atomic E-state index is -0.0505. The second-order valence-corrected chi connectivity index (χ2v) is 10.2. The highest BCUT2D eigenvalue weighted by Gasteiger charge is 2.35. The third kappa shape index (κ3) is 3.03. The summed E-state index contributed by atoms with van der Waals surface area (Å²) in [4.78, 5) is 2.45. The smallest absolute Gasteiger partial charge is 0.0540 e. The molecule has 0 fully saturated rings. The Morgan fingerprint density at radius 3 is 1.67 bits per heavy atom. The Morgan fingerprint density at radius 2 is 1.00 bits per heavy atom. The van der Waals surface area contributed by atoms with Crippen molar-refractivity contribution in [2.75, 3.05) is 4.90 Å². The first-order valence-corrected chi connectivity index (χ1v) is 12.6. The molecule has 0 saturated carbocycles. The molecule has 172 valence electrons. The van der Waals surface area contributed by atoms with Crippen LogP contribution in [0.2, 0.25) is 0 Å². The standard InChI is InChI=1S/C35H27N/c1-35(2)31-18-8-7-17-29(31)30-22-21-26(23-32(30)35)36(33-19-9-13-24-11-3-5-15-27(24)33)34-20-10-14-25-12-4-6-16-28(25)34/h3-23H,1-2H3. The van der Waals surface area contributed by atoms with Crippen LogP contribution < -0.4 is 4.90 Å². The first-order chi connectivity index (χ1) is 17.6. The van der Waals surface area contributed by atoms with E-state index in [0.29, 0.717) is 0 Å². The van der Waals surface area contributed by atoms with Crippen molar-refractivity contribution in [1.29, 1.82) is 0 Å². The summed E-state index contributed by atoms with van der Waals surface area (Å²) in [5.74, 6) is 0. The van der Waals surface area contributed by atoms with E-state index < -0.39 is 0 Å². The Bertz CT molecular complexity index is 1690. The van der Waals surface area contributed by atoms with E-state index in [1.807, 2.05) is 0 Å². The van der Waals surface area contributed by atoms with E-state index in [9.17, 15) is 0 Å². The van der Waals surface area contributed by atoms with Crippen LogP contribution in [0.4, 0.5) is 17.1 Å². The zero-order valence-electron chi connectivity index (χ0n) is 20.6. The highest BCUT2D eigenvalue weighted by atomic mass is 15.1. The summed E-state index contributed by atoms with van der Waals surface area (Å²) in [6.07, 6.45) is 0. The molecular weight excluding hydrogens is 434 g/mol. The third-order valence-electron chi connectivity index (χ3n) is 7.84. The Balaban J connectivity index is 1.53. The van der Waals surface area contributed by atoms with E-state index in [0.717, 1.165) is 0 Å². The van der Waals surface area contributed by atoms with Gasteiger partial charge < -0.3 is 4.90 Å². The predicted molar refractivity (Wildman–Crippen MR) is 154 cm³/mol. The number of nitrogens with zero attached hydrogens (tertiary/aromatic N) is 1. The molecule has 0 bridgehead atoms. The molecule has 0 aromatic heterocycles. The van der Waals surface area contributed by atoms with Crippen LogP contribution in [0.1, 0.15) is 25.0 Å². The maximum Gasteiger partial charge on any atom is 0.0540 e. The summed E-state index contributed by atoms with van der Waals surface area (Å²) in [6.45, 7) is 4.70. The van der Waals surface area contributed by atoms with Crippen LogP contribution in [0.3, 0.4) is 0 Å². The van der Waals surface area contributed by atoms with E-state index >= 15 is 0 Å². The molecule has 6 aromatic carbocycles. The largest absolute Gasteiger partial charge is 0.309 e. The molecule has 0 heterocycles. The van der Waals surface area contributed by atoms with Gasteiger partial charge in [0.15, 0.2) is 0 Å². The Kier molecular flexibility index (Phi) is 4.56. The number of anilines is 3. The van der Waals surface area contributed by atoms with Gasteiger partial charge in [0, 0.05) is 21.9 Å². The summed E-state index contributed by atoms with van der Waals surface area (Å²) >= 11 is 0. The van der Waals surface area contributed by atoms with E-state index in [-0.39, 0.29) is 5.41 Å². The quantitative estimate of drug-likeness (QED) is 0.253. The summed E-state index contributed by atoms with van der Waals surface area (Å²) in [7, 11) is 0. The minimum absolute atomic E-state index is 0.0505. The molecule has 1 aliphatic carbocycles. The summed E-state index contributed by atoms with van der Waals surface area (Å²) in [5, 5.41) is 4.98. The Labute approximate surface area is 212 Å². The van der Waals surface area contributed by atoms with Crippen molar-refractivity contribution in [3.05, 3.63) is 139 Å². The predicted octanol–water partition coefficient (Wildman–Crippen LogP) is 9.77. The first kappa shape index (κ1) is 21.0. The molecule has 36 heavy (non-hydrogen) atoms. The lowest BCUT2D eigenvalue weighted by molar-refractivity contribution is 0.660. The maximum atomic E-state index is 2.45. The van der Waals surface area contributed by atoms with Gasteiger partial charge in [-0.05, 0) is 57.3 Å². The average Bonchev–Trinajstić information content (AvgIpc) is 3.15. The van der Waals surface area contributed by atoms with Crippen molar-refractivity contribution >= 4 is 38.6 Å². The van der Waals surface area contributed by atoms with Gasteiger partial charge >= 0.3 is 0 Å². The molecule has 1 nitrogen and oxygen atoms in total. The zero-order chi connectivity index (χ0) is 24.3. The second kappa shape index (κ2) is 7.83. The molecule has 0 atom stereocenters. The van der Waals surface area contributed by atoms with Gasteiger partial charge in [-0.3, -0.25) is 0 Å². The molecule has 0 amide bonds. The number of rotatable bonds is 3. The highest BCUT2D eigenvalue weighted by molar-refractivity contribution is 6.05. The molecule has 1 heteroatoms. The van der Waals surface area contributed by atoms with E-state index in [1.54, 1.807) is 0 Å². The Hall–Kier alpha value is -4.36. The summed E-state index contributed by atoms with van der Waals surface area (Å²) in [5.41, 5.74) is 9.00. The van der Waals surface area contributed by atoms with Gasteiger partial charge in [-0.15, -0.1) is 0 Å². The molecule has 6 aromatic rings.